The third-order valence-electron chi connectivity index (χ3n) is 1.85. The topological polar surface area (TPSA) is 12.9 Å². The van der Waals surface area contributed by atoms with Crippen LogP contribution >= 0.6 is 15.9 Å². The van der Waals surface area contributed by atoms with Crippen LogP contribution in [0.1, 0.15) is 30.9 Å². The van der Waals surface area contributed by atoms with Crippen LogP contribution in [0, 0.1) is 12.9 Å². The van der Waals surface area contributed by atoms with E-state index in [0.29, 0.717) is 5.56 Å². The molecule has 0 spiro atoms. The van der Waals surface area contributed by atoms with E-state index in [1.54, 1.807) is 0 Å². The molecule has 0 amide bonds. The molecule has 1 rings (SSSR count). The first kappa shape index (κ1) is 9.65. The Balaban J connectivity index is 3.33. The van der Waals surface area contributed by atoms with Gasteiger partial charge in [0.25, 0.3) is 0 Å². The molecular weight excluding hydrogens is 221 g/mol. The van der Waals surface area contributed by atoms with Crippen molar-refractivity contribution in [3.63, 3.8) is 0 Å². The second kappa shape index (κ2) is 3.52. The number of aromatic nitrogens is 1. The minimum absolute atomic E-state index is 0.176. The SMILES string of the molecule is Cc1c(Br)cnc(F)c1C(C)C. The van der Waals surface area contributed by atoms with Crippen LogP contribution in [-0.2, 0) is 0 Å². The first-order valence-corrected chi connectivity index (χ1v) is 4.63. The van der Waals surface area contributed by atoms with Crippen molar-refractivity contribution in [2.75, 3.05) is 0 Å². The van der Waals surface area contributed by atoms with Gasteiger partial charge in [0, 0.05) is 16.2 Å². The summed E-state index contributed by atoms with van der Waals surface area (Å²) in [6, 6.07) is 0. The van der Waals surface area contributed by atoms with Gasteiger partial charge in [-0.25, -0.2) is 4.98 Å². The maximum atomic E-state index is 13.1. The van der Waals surface area contributed by atoms with E-state index >= 15 is 0 Å². The Hall–Kier alpha value is -0.440. The largest absolute Gasteiger partial charge is 0.227 e. The first-order valence-electron chi connectivity index (χ1n) is 3.84. The van der Waals surface area contributed by atoms with E-state index in [1.165, 1.54) is 6.20 Å². The molecule has 1 heterocycles. The molecule has 0 fully saturated rings. The summed E-state index contributed by atoms with van der Waals surface area (Å²) in [5.41, 5.74) is 1.64. The summed E-state index contributed by atoms with van der Waals surface area (Å²) >= 11 is 3.32. The molecule has 0 bridgehead atoms. The summed E-state index contributed by atoms with van der Waals surface area (Å²) in [6.45, 7) is 5.81. The average Bonchev–Trinajstić information content (AvgIpc) is 1.97. The van der Waals surface area contributed by atoms with Gasteiger partial charge in [-0.1, -0.05) is 13.8 Å². The van der Waals surface area contributed by atoms with E-state index in [1.807, 2.05) is 20.8 Å². The highest BCUT2D eigenvalue weighted by atomic mass is 79.9. The Morgan fingerprint density at radius 1 is 1.50 bits per heavy atom. The Labute approximate surface area is 80.1 Å². The van der Waals surface area contributed by atoms with Gasteiger partial charge in [0.1, 0.15) is 0 Å². The lowest BCUT2D eigenvalue weighted by molar-refractivity contribution is 0.553. The molecular formula is C9H11BrFN. The van der Waals surface area contributed by atoms with Crippen LogP contribution in [0.5, 0.6) is 0 Å². The first-order chi connectivity index (χ1) is 5.54. The molecule has 1 aromatic rings. The third-order valence-corrected chi connectivity index (χ3v) is 2.65. The molecule has 0 saturated heterocycles. The average molecular weight is 232 g/mol. The molecule has 1 nitrogen and oxygen atoms in total. The molecule has 0 unspecified atom stereocenters. The minimum Gasteiger partial charge on any atom is -0.227 e. The van der Waals surface area contributed by atoms with Crippen LogP contribution in [-0.4, -0.2) is 4.98 Å². The number of hydrogen-bond donors (Lipinski definition) is 0. The van der Waals surface area contributed by atoms with E-state index < -0.39 is 0 Å². The molecule has 0 N–H and O–H groups in total. The van der Waals surface area contributed by atoms with Crippen molar-refractivity contribution in [1.29, 1.82) is 0 Å². The molecule has 0 atom stereocenters. The van der Waals surface area contributed by atoms with Crippen molar-refractivity contribution in [2.24, 2.45) is 0 Å². The smallest absolute Gasteiger partial charge is 0.216 e. The van der Waals surface area contributed by atoms with Gasteiger partial charge in [-0.3, -0.25) is 0 Å². The molecule has 0 radical (unpaired) electrons. The highest BCUT2D eigenvalue weighted by Gasteiger charge is 2.12. The van der Waals surface area contributed by atoms with Crippen molar-refractivity contribution >= 4 is 15.9 Å². The zero-order valence-corrected chi connectivity index (χ0v) is 8.94. The number of nitrogens with zero attached hydrogens (tertiary/aromatic N) is 1. The zero-order chi connectivity index (χ0) is 9.30. The van der Waals surface area contributed by atoms with Gasteiger partial charge in [-0.15, -0.1) is 0 Å². The van der Waals surface area contributed by atoms with Crippen LogP contribution in [0.3, 0.4) is 0 Å². The van der Waals surface area contributed by atoms with Gasteiger partial charge in [0.2, 0.25) is 5.95 Å². The van der Waals surface area contributed by atoms with Gasteiger partial charge in [-0.05, 0) is 34.3 Å². The van der Waals surface area contributed by atoms with Gasteiger partial charge >= 0.3 is 0 Å². The second-order valence-corrected chi connectivity index (χ2v) is 3.94. The maximum absolute atomic E-state index is 13.1. The van der Waals surface area contributed by atoms with Crippen LogP contribution < -0.4 is 0 Å². The third kappa shape index (κ3) is 1.66. The summed E-state index contributed by atoms with van der Waals surface area (Å²) in [6.07, 6.45) is 1.50. The summed E-state index contributed by atoms with van der Waals surface area (Å²) in [7, 11) is 0. The molecule has 3 heteroatoms. The monoisotopic (exact) mass is 231 g/mol. The van der Waals surface area contributed by atoms with Crippen LogP contribution in [0.2, 0.25) is 0 Å². The van der Waals surface area contributed by atoms with Gasteiger partial charge in [-0.2, -0.15) is 4.39 Å². The molecule has 0 aliphatic carbocycles. The van der Waals surface area contributed by atoms with E-state index in [-0.39, 0.29) is 11.9 Å². The predicted molar refractivity (Wildman–Crippen MR) is 50.7 cm³/mol. The standard InChI is InChI=1S/C9H11BrFN/c1-5(2)8-6(3)7(10)4-12-9(8)11/h4-5H,1-3H3. The Morgan fingerprint density at radius 2 is 2.08 bits per heavy atom. The normalized spacial score (nSPS) is 10.8. The van der Waals surface area contributed by atoms with Crippen molar-refractivity contribution in [1.82, 2.24) is 4.98 Å². The highest BCUT2D eigenvalue weighted by Crippen LogP contribution is 2.26. The van der Waals surface area contributed by atoms with E-state index in [0.717, 1.165) is 10.0 Å². The Kier molecular flexibility index (Phi) is 2.83. The lowest BCUT2D eigenvalue weighted by atomic mass is 10.0. The van der Waals surface area contributed by atoms with E-state index in [4.69, 9.17) is 0 Å². The lowest BCUT2D eigenvalue weighted by Crippen LogP contribution is -2.00. The lowest BCUT2D eigenvalue weighted by Gasteiger charge is -2.10. The van der Waals surface area contributed by atoms with Crippen molar-refractivity contribution in [2.45, 2.75) is 26.7 Å². The molecule has 66 valence electrons. The van der Waals surface area contributed by atoms with Crippen LogP contribution in [0.4, 0.5) is 4.39 Å². The van der Waals surface area contributed by atoms with Crippen molar-refractivity contribution < 1.29 is 4.39 Å². The molecule has 0 aliphatic rings. The van der Waals surface area contributed by atoms with E-state index in [9.17, 15) is 4.39 Å². The number of rotatable bonds is 1. The fourth-order valence-electron chi connectivity index (χ4n) is 1.23. The van der Waals surface area contributed by atoms with Gasteiger partial charge < -0.3 is 0 Å². The van der Waals surface area contributed by atoms with Gasteiger partial charge in [0.05, 0.1) is 0 Å². The fourth-order valence-corrected chi connectivity index (χ4v) is 1.55. The molecule has 0 aromatic carbocycles. The molecule has 12 heavy (non-hydrogen) atoms. The maximum Gasteiger partial charge on any atom is 0.216 e. The van der Waals surface area contributed by atoms with E-state index in [2.05, 4.69) is 20.9 Å². The molecule has 0 saturated carbocycles. The molecule has 0 aliphatic heterocycles. The molecule has 1 aromatic heterocycles. The summed E-state index contributed by atoms with van der Waals surface area (Å²) < 4.78 is 14.0. The number of hydrogen-bond acceptors (Lipinski definition) is 1. The number of pyridine rings is 1. The summed E-state index contributed by atoms with van der Waals surface area (Å²) in [4.78, 5) is 3.65. The van der Waals surface area contributed by atoms with Crippen molar-refractivity contribution in [3.8, 4) is 0 Å². The highest BCUT2D eigenvalue weighted by molar-refractivity contribution is 9.10. The van der Waals surface area contributed by atoms with Crippen LogP contribution in [0.25, 0.3) is 0 Å². The summed E-state index contributed by atoms with van der Waals surface area (Å²) in [5.74, 6) is -0.180. The quantitative estimate of drug-likeness (QED) is 0.676. The fraction of sp³-hybridized carbons (Fsp3) is 0.444. The Bertz CT molecular complexity index is 297. The zero-order valence-electron chi connectivity index (χ0n) is 7.36. The second-order valence-electron chi connectivity index (χ2n) is 3.09. The predicted octanol–water partition coefficient (Wildman–Crippen LogP) is 3.42. The Morgan fingerprint density at radius 3 is 2.50 bits per heavy atom. The minimum atomic E-state index is -0.356. The van der Waals surface area contributed by atoms with Crippen molar-refractivity contribution in [3.05, 3.63) is 27.7 Å². The van der Waals surface area contributed by atoms with Gasteiger partial charge in [0.15, 0.2) is 0 Å². The van der Waals surface area contributed by atoms with Crippen LogP contribution in [0.15, 0.2) is 10.7 Å². The summed E-state index contributed by atoms with van der Waals surface area (Å²) in [5, 5.41) is 0. The number of halogens is 2.